The second-order valence-electron chi connectivity index (χ2n) is 5.20. The van der Waals surface area contributed by atoms with E-state index in [9.17, 15) is 4.79 Å². The van der Waals surface area contributed by atoms with Gasteiger partial charge in [-0.25, -0.2) is 0 Å². The van der Waals surface area contributed by atoms with E-state index in [4.69, 9.17) is 0 Å². The Kier molecular flexibility index (Phi) is 2.66. The van der Waals surface area contributed by atoms with E-state index in [-0.39, 0.29) is 5.91 Å². The van der Waals surface area contributed by atoms with Crippen LogP contribution in [-0.2, 0) is 0 Å². The molecular weight excluding hydrogens is 326 g/mol. The fraction of sp³-hybridized carbons (Fsp3) is 0.0556. The lowest BCUT2D eigenvalue weighted by molar-refractivity contribution is 0.0946. The van der Waals surface area contributed by atoms with Gasteiger partial charge in [0, 0.05) is 27.6 Å². The number of carbonyl (C=O) groups excluding carboxylic acids is 1. The van der Waals surface area contributed by atoms with Crippen LogP contribution in [0.25, 0.3) is 32.6 Å². The topological polar surface area (TPSA) is 22.0 Å². The van der Waals surface area contributed by atoms with Crippen molar-refractivity contribution < 1.29 is 4.79 Å². The molecule has 0 aliphatic rings. The van der Waals surface area contributed by atoms with Crippen LogP contribution in [0.2, 0.25) is 0 Å². The molecule has 0 bridgehead atoms. The summed E-state index contributed by atoms with van der Waals surface area (Å²) in [6.07, 6.45) is 0. The number of fused-ring (bicyclic) bond motifs is 5. The number of halogens is 1. The van der Waals surface area contributed by atoms with Gasteiger partial charge in [-0.05, 0) is 17.5 Å². The second kappa shape index (κ2) is 4.43. The smallest absolute Gasteiger partial charge is 0.228 e. The van der Waals surface area contributed by atoms with Gasteiger partial charge in [-0.2, -0.15) is 0 Å². The summed E-state index contributed by atoms with van der Waals surface area (Å²) in [4.78, 5) is 12.2. The van der Waals surface area contributed by atoms with Gasteiger partial charge >= 0.3 is 0 Å². The fourth-order valence-corrected chi connectivity index (χ4v) is 3.43. The maximum atomic E-state index is 12.2. The first kappa shape index (κ1) is 12.6. The van der Waals surface area contributed by atoms with E-state index in [0.29, 0.717) is 0 Å². The van der Waals surface area contributed by atoms with Crippen molar-refractivity contribution in [2.24, 2.45) is 0 Å². The van der Waals surface area contributed by atoms with Gasteiger partial charge in [0.2, 0.25) is 5.91 Å². The molecular formula is C18H12BrNO. The monoisotopic (exact) mass is 337 g/mol. The quantitative estimate of drug-likeness (QED) is 0.422. The molecule has 0 amide bonds. The highest BCUT2D eigenvalue weighted by molar-refractivity contribution is 9.10. The van der Waals surface area contributed by atoms with Gasteiger partial charge in [0.1, 0.15) is 0 Å². The minimum atomic E-state index is 0.0319. The van der Waals surface area contributed by atoms with Crippen LogP contribution in [0, 0.1) is 0 Å². The van der Waals surface area contributed by atoms with Crippen LogP contribution in [0.5, 0.6) is 0 Å². The van der Waals surface area contributed by atoms with Gasteiger partial charge in [0.25, 0.3) is 0 Å². The molecule has 4 rings (SSSR count). The third-order valence-electron chi connectivity index (χ3n) is 3.93. The SMILES string of the molecule is CC(=O)n1c2cc(Br)ccc2c2ccc3ccccc3c21. The molecule has 2 nitrogen and oxygen atoms in total. The third-order valence-corrected chi connectivity index (χ3v) is 4.42. The first-order valence-corrected chi connectivity index (χ1v) is 7.58. The van der Waals surface area contributed by atoms with Crippen molar-refractivity contribution in [2.45, 2.75) is 6.92 Å². The predicted molar refractivity (Wildman–Crippen MR) is 91.0 cm³/mol. The molecule has 4 aromatic rings. The zero-order valence-corrected chi connectivity index (χ0v) is 13.0. The number of hydrogen-bond donors (Lipinski definition) is 0. The van der Waals surface area contributed by atoms with E-state index in [2.05, 4.69) is 46.3 Å². The Morgan fingerprint density at radius 3 is 2.52 bits per heavy atom. The normalized spacial score (nSPS) is 11.5. The van der Waals surface area contributed by atoms with Crippen molar-refractivity contribution in [2.75, 3.05) is 0 Å². The van der Waals surface area contributed by atoms with E-state index < -0.39 is 0 Å². The highest BCUT2D eigenvalue weighted by Gasteiger charge is 2.15. The number of nitrogens with zero attached hydrogens (tertiary/aromatic N) is 1. The Morgan fingerprint density at radius 2 is 1.71 bits per heavy atom. The summed E-state index contributed by atoms with van der Waals surface area (Å²) in [7, 11) is 0. The molecule has 0 saturated carbocycles. The average molecular weight is 338 g/mol. The molecule has 0 atom stereocenters. The van der Waals surface area contributed by atoms with Crippen LogP contribution in [0.4, 0.5) is 0 Å². The lowest BCUT2D eigenvalue weighted by atomic mass is 10.1. The molecule has 0 saturated heterocycles. The molecule has 0 aliphatic heterocycles. The predicted octanol–water partition coefficient (Wildman–Crippen LogP) is 5.37. The van der Waals surface area contributed by atoms with E-state index in [0.717, 1.165) is 37.1 Å². The molecule has 0 radical (unpaired) electrons. The highest BCUT2D eigenvalue weighted by atomic mass is 79.9. The van der Waals surface area contributed by atoms with Crippen molar-refractivity contribution in [3.8, 4) is 0 Å². The van der Waals surface area contributed by atoms with Crippen molar-refractivity contribution in [1.82, 2.24) is 4.57 Å². The third kappa shape index (κ3) is 1.74. The van der Waals surface area contributed by atoms with Gasteiger partial charge in [0.15, 0.2) is 0 Å². The molecule has 1 heterocycles. The fourth-order valence-electron chi connectivity index (χ4n) is 3.08. The molecule has 0 fully saturated rings. The summed E-state index contributed by atoms with van der Waals surface area (Å²) >= 11 is 3.50. The van der Waals surface area contributed by atoms with Gasteiger partial charge in [-0.15, -0.1) is 0 Å². The van der Waals surface area contributed by atoms with Gasteiger partial charge < -0.3 is 0 Å². The van der Waals surface area contributed by atoms with Gasteiger partial charge in [-0.1, -0.05) is 58.4 Å². The summed E-state index contributed by atoms with van der Waals surface area (Å²) in [6, 6.07) is 18.5. The highest BCUT2D eigenvalue weighted by Crippen LogP contribution is 2.35. The van der Waals surface area contributed by atoms with Crippen LogP contribution in [0.3, 0.4) is 0 Å². The first-order chi connectivity index (χ1) is 10.2. The molecule has 1 aromatic heterocycles. The molecule has 102 valence electrons. The molecule has 0 N–H and O–H groups in total. The molecule has 21 heavy (non-hydrogen) atoms. The van der Waals surface area contributed by atoms with Crippen molar-refractivity contribution in [3.05, 3.63) is 59.1 Å². The number of benzene rings is 3. The molecule has 3 aromatic carbocycles. The maximum Gasteiger partial charge on any atom is 0.228 e. The van der Waals surface area contributed by atoms with Crippen molar-refractivity contribution in [3.63, 3.8) is 0 Å². The van der Waals surface area contributed by atoms with E-state index in [1.54, 1.807) is 6.92 Å². The standard InChI is InChI=1S/C18H12BrNO/c1-11(21)20-17-10-13(19)7-9-15(17)16-8-6-12-4-2-3-5-14(12)18(16)20/h2-10H,1H3. The number of aromatic nitrogens is 1. The van der Waals surface area contributed by atoms with Crippen LogP contribution in [0.15, 0.2) is 59.1 Å². The van der Waals surface area contributed by atoms with E-state index in [1.807, 2.05) is 28.8 Å². The molecule has 3 heteroatoms. The summed E-state index contributed by atoms with van der Waals surface area (Å²) in [6.45, 7) is 1.61. The van der Waals surface area contributed by atoms with Gasteiger partial charge in [-0.3, -0.25) is 9.36 Å². The Hall–Kier alpha value is -2.13. The number of hydrogen-bond acceptors (Lipinski definition) is 1. The van der Waals surface area contributed by atoms with Crippen molar-refractivity contribution >= 4 is 54.4 Å². The summed E-state index contributed by atoms with van der Waals surface area (Å²) in [5, 5.41) is 4.48. The van der Waals surface area contributed by atoms with Crippen LogP contribution < -0.4 is 0 Å². The zero-order chi connectivity index (χ0) is 14.6. The van der Waals surface area contributed by atoms with E-state index in [1.165, 1.54) is 0 Å². The zero-order valence-electron chi connectivity index (χ0n) is 11.4. The lowest BCUT2D eigenvalue weighted by Gasteiger charge is -2.05. The maximum absolute atomic E-state index is 12.2. The summed E-state index contributed by atoms with van der Waals surface area (Å²) < 4.78 is 2.79. The number of rotatable bonds is 0. The minimum Gasteiger partial charge on any atom is -0.279 e. The van der Waals surface area contributed by atoms with Crippen LogP contribution in [0.1, 0.15) is 11.7 Å². The molecule has 0 spiro atoms. The summed E-state index contributed by atoms with van der Waals surface area (Å²) in [5.74, 6) is 0.0319. The number of carbonyl (C=O) groups is 1. The Bertz CT molecular complexity index is 1030. The largest absolute Gasteiger partial charge is 0.279 e. The van der Waals surface area contributed by atoms with Crippen LogP contribution >= 0.6 is 15.9 Å². The van der Waals surface area contributed by atoms with E-state index >= 15 is 0 Å². The van der Waals surface area contributed by atoms with Gasteiger partial charge in [0.05, 0.1) is 11.0 Å². The Labute approximate surface area is 130 Å². The van der Waals surface area contributed by atoms with Crippen LogP contribution in [-0.4, -0.2) is 10.5 Å². The lowest BCUT2D eigenvalue weighted by Crippen LogP contribution is -2.04. The van der Waals surface area contributed by atoms with Crippen molar-refractivity contribution in [1.29, 1.82) is 0 Å². The molecule has 0 aliphatic carbocycles. The average Bonchev–Trinajstić information content (AvgIpc) is 2.81. The molecule has 0 unspecified atom stereocenters. The first-order valence-electron chi connectivity index (χ1n) is 6.79. The Morgan fingerprint density at radius 1 is 0.952 bits per heavy atom. The Balaban J connectivity index is 2.37. The summed E-state index contributed by atoms with van der Waals surface area (Å²) in [5.41, 5.74) is 1.94. The minimum absolute atomic E-state index is 0.0319. The second-order valence-corrected chi connectivity index (χ2v) is 6.11.